The highest BCUT2D eigenvalue weighted by Gasteiger charge is 2.33. The molecule has 0 saturated heterocycles. The predicted molar refractivity (Wildman–Crippen MR) is 166 cm³/mol. The van der Waals surface area contributed by atoms with Crippen molar-refractivity contribution in [3.63, 3.8) is 0 Å². The van der Waals surface area contributed by atoms with Crippen molar-refractivity contribution in [2.24, 2.45) is 11.1 Å². The minimum Gasteiger partial charge on any atom is -0.453 e. The zero-order valence-electron chi connectivity index (χ0n) is 24.2. The fourth-order valence-electron chi connectivity index (χ4n) is 5.14. The Hall–Kier alpha value is -4.29. The third-order valence-corrected chi connectivity index (χ3v) is 9.17. The van der Waals surface area contributed by atoms with Gasteiger partial charge in [0.2, 0.25) is 12.0 Å². The van der Waals surface area contributed by atoms with Gasteiger partial charge in [0.1, 0.15) is 0 Å². The Morgan fingerprint density at radius 1 is 1.14 bits per heavy atom. The molecular weight excluding hydrogens is 611 g/mol. The van der Waals surface area contributed by atoms with E-state index in [4.69, 9.17) is 16.4 Å². The normalized spacial score (nSPS) is 19.7. The van der Waals surface area contributed by atoms with Gasteiger partial charge in [-0.15, -0.1) is 11.3 Å². The van der Waals surface area contributed by atoms with E-state index in [0.29, 0.717) is 46.6 Å². The molecule has 0 aliphatic carbocycles. The van der Waals surface area contributed by atoms with Crippen LogP contribution in [0.15, 0.2) is 47.6 Å². The smallest absolute Gasteiger partial charge is 0.411 e. The Labute approximate surface area is 261 Å². The molecule has 2 aliphatic heterocycles. The number of oxime groups is 1. The fourth-order valence-corrected chi connectivity index (χ4v) is 6.47. The minimum absolute atomic E-state index is 0.0523. The average molecular weight is 641 g/mol. The number of hydrogen-bond acceptors (Lipinski definition) is 8. The Morgan fingerprint density at radius 3 is 2.68 bits per heavy atom. The summed E-state index contributed by atoms with van der Waals surface area (Å²) in [7, 11) is 1.25. The van der Waals surface area contributed by atoms with Crippen LogP contribution in [-0.2, 0) is 19.2 Å². The Balaban J connectivity index is 1.46. The van der Waals surface area contributed by atoms with Crippen molar-refractivity contribution in [1.29, 1.82) is 0 Å². The molecule has 1 aromatic heterocycles. The molecule has 5 rings (SSSR count). The SMILES string of the molecule is COC(=O)Nc1ccc2c(c1)NC(=O)[C@H](C)CCC[C@H](NC(=O)[C@H]1CC(c3cccc(Cl)c3F)=NO1)c1cc-2c(C(C)=O)s1. The van der Waals surface area contributed by atoms with Gasteiger partial charge in [0.25, 0.3) is 5.91 Å². The highest BCUT2D eigenvalue weighted by Crippen LogP contribution is 2.41. The number of halogens is 2. The molecule has 3 N–H and O–H groups in total. The quantitative estimate of drug-likeness (QED) is 0.266. The number of amides is 3. The van der Waals surface area contributed by atoms with Crippen molar-refractivity contribution in [2.45, 2.75) is 51.7 Å². The van der Waals surface area contributed by atoms with Crippen LogP contribution in [0.2, 0.25) is 5.02 Å². The number of thiophene rings is 1. The highest BCUT2D eigenvalue weighted by atomic mass is 35.5. The maximum atomic E-state index is 14.6. The highest BCUT2D eigenvalue weighted by molar-refractivity contribution is 7.14. The van der Waals surface area contributed by atoms with Crippen molar-refractivity contribution in [1.82, 2.24) is 5.32 Å². The van der Waals surface area contributed by atoms with E-state index >= 15 is 0 Å². The number of benzene rings is 2. The summed E-state index contributed by atoms with van der Waals surface area (Å²) in [4.78, 5) is 57.8. The molecule has 0 spiro atoms. The number of carbonyl (C=O) groups is 4. The molecule has 2 aliphatic rings. The largest absolute Gasteiger partial charge is 0.453 e. The first kappa shape index (κ1) is 31.1. The summed E-state index contributed by atoms with van der Waals surface area (Å²) in [5.74, 6) is -1.84. The van der Waals surface area contributed by atoms with Crippen molar-refractivity contribution >= 4 is 63.7 Å². The lowest BCUT2D eigenvalue weighted by Gasteiger charge is -2.21. The number of anilines is 2. The van der Waals surface area contributed by atoms with Crippen LogP contribution < -0.4 is 16.0 Å². The molecular formula is C31H30ClFN4O6S. The van der Waals surface area contributed by atoms with Crippen LogP contribution >= 0.6 is 22.9 Å². The molecule has 44 heavy (non-hydrogen) atoms. The fraction of sp³-hybridized carbons (Fsp3) is 0.323. The summed E-state index contributed by atoms with van der Waals surface area (Å²) in [6, 6.07) is 10.9. The Bertz CT molecular complexity index is 1670. The van der Waals surface area contributed by atoms with E-state index in [-0.39, 0.29) is 40.3 Å². The first-order valence-electron chi connectivity index (χ1n) is 14.0. The van der Waals surface area contributed by atoms with Crippen LogP contribution in [0.25, 0.3) is 11.1 Å². The summed E-state index contributed by atoms with van der Waals surface area (Å²) in [6.07, 6.45) is 0.0325. The minimum atomic E-state index is -0.984. The van der Waals surface area contributed by atoms with Gasteiger partial charge < -0.3 is 20.2 Å². The van der Waals surface area contributed by atoms with E-state index < -0.39 is 30.0 Å². The van der Waals surface area contributed by atoms with Gasteiger partial charge in [0.05, 0.1) is 34.5 Å². The first-order valence-corrected chi connectivity index (χ1v) is 15.2. The van der Waals surface area contributed by atoms with E-state index in [2.05, 4.69) is 25.8 Å². The number of nitrogens with zero attached hydrogens (tertiary/aromatic N) is 1. The van der Waals surface area contributed by atoms with Crippen molar-refractivity contribution in [2.75, 3.05) is 17.7 Å². The van der Waals surface area contributed by atoms with Gasteiger partial charge in [-0.1, -0.05) is 42.2 Å². The molecule has 3 atom stereocenters. The molecule has 230 valence electrons. The Kier molecular flexibility index (Phi) is 9.31. The molecule has 0 fully saturated rings. The maximum Gasteiger partial charge on any atom is 0.411 e. The van der Waals surface area contributed by atoms with E-state index in [9.17, 15) is 23.6 Å². The number of carbonyl (C=O) groups excluding carboxylic acids is 4. The number of ketones is 1. The summed E-state index contributed by atoms with van der Waals surface area (Å²) >= 11 is 7.18. The number of rotatable bonds is 5. The van der Waals surface area contributed by atoms with Crippen LogP contribution in [-0.4, -0.2) is 42.6 Å². The summed E-state index contributed by atoms with van der Waals surface area (Å²) in [6.45, 7) is 3.27. The van der Waals surface area contributed by atoms with Crippen LogP contribution in [0.5, 0.6) is 0 Å². The third-order valence-electron chi connectivity index (χ3n) is 7.53. The van der Waals surface area contributed by atoms with Crippen LogP contribution in [0.3, 0.4) is 0 Å². The molecule has 0 unspecified atom stereocenters. The monoisotopic (exact) mass is 640 g/mol. The van der Waals surface area contributed by atoms with Crippen molar-refractivity contribution in [3.8, 4) is 11.1 Å². The molecule has 0 saturated carbocycles. The number of nitrogens with one attached hydrogen (secondary N) is 3. The standard InChI is InChI=1S/C31H30ClFN4O6S/c1-15-6-4-9-22(35-30(40)25-14-24(37-43-25)19-7-5-8-21(32)27(19)33)26-13-20(28(44-26)16(2)38)18-11-10-17(34-31(41)42-3)12-23(18)36-29(15)39/h5,7-8,10-13,15,22,25H,4,6,9,14H2,1-3H3,(H,34,41)(H,35,40)(H,36,39)/t15-,22+,25-/m1/s1. The van der Waals surface area contributed by atoms with Crippen LogP contribution in [0.4, 0.5) is 20.6 Å². The zero-order chi connectivity index (χ0) is 31.5. The van der Waals surface area contributed by atoms with Crippen molar-refractivity contribution < 1.29 is 33.1 Å². The lowest BCUT2D eigenvalue weighted by atomic mass is 9.96. The summed E-state index contributed by atoms with van der Waals surface area (Å²) in [5.41, 5.74) is 2.43. The van der Waals surface area contributed by atoms with E-state index in [0.717, 1.165) is 4.88 Å². The lowest BCUT2D eigenvalue weighted by Crippen LogP contribution is -2.37. The van der Waals surface area contributed by atoms with Gasteiger partial charge >= 0.3 is 6.09 Å². The molecule has 10 nitrogen and oxygen atoms in total. The molecule has 3 heterocycles. The second-order valence-electron chi connectivity index (χ2n) is 10.6. The first-order chi connectivity index (χ1) is 21.0. The van der Waals surface area contributed by atoms with Crippen molar-refractivity contribution in [3.05, 3.63) is 68.6 Å². The number of fused-ring (bicyclic) bond motifs is 4. The Morgan fingerprint density at radius 2 is 1.93 bits per heavy atom. The number of hydrogen-bond donors (Lipinski definition) is 3. The molecule has 3 amide bonds. The maximum absolute atomic E-state index is 14.6. The summed E-state index contributed by atoms with van der Waals surface area (Å²) < 4.78 is 19.3. The van der Waals surface area contributed by atoms with E-state index in [1.807, 2.05) is 13.0 Å². The van der Waals surface area contributed by atoms with Gasteiger partial charge in [-0.2, -0.15) is 0 Å². The van der Waals surface area contributed by atoms with Crippen LogP contribution in [0, 0.1) is 11.7 Å². The van der Waals surface area contributed by atoms with Gasteiger partial charge in [0.15, 0.2) is 11.6 Å². The number of ether oxygens (including phenoxy) is 1. The molecule has 0 radical (unpaired) electrons. The molecule has 2 aromatic carbocycles. The lowest BCUT2D eigenvalue weighted by molar-refractivity contribution is -0.132. The van der Waals surface area contributed by atoms with Gasteiger partial charge in [-0.25, -0.2) is 9.18 Å². The van der Waals surface area contributed by atoms with Gasteiger partial charge in [-0.3, -0.25) is 19.7 Å². The molecule has 3 aromatic rings. The van der Waals surface area contributed by atoms with Gasteiger partial charge in [-0.05, 0) is 50.1 Å². The average Bonchev–Trinajstić information content (AvgIpc) is 3.66. The second kappa shape index (κ2) is 13.1. The molecule has 13 heteroatoms. The van der Waals surface area contributed by atoms with Gasteiger partial charge in [0, 0.05) is 39.6 Å². The van der Waals surface area contributed by atoms with E-state index in [1.165, 1.54) is 37.5 Å². The second-order valence-corrected chi connectivity index (χ2v) is 12.1. The zero-order valence-corrected chi connectivity index (χ0v) is 25.7. The predicted octanol–water partition coefficient (Wildman–Crippen LogP) is 6.70. The van der Waals surface area contributed by atoms with E-state index in [1.54, 1.807) is 24.3 Å². The molecule has 2 bridgehead atoms. The third kappa shape index (κ3) is 6.61. The van der Waals surface area contributed by atoms with Crippen LogP contribution in [0.1, 0.15) is 65.7 Å². The topological polar surface area (TPSA) is 135 Å². The number of Topliss-reactive ketones (excluding diaryl/α,β-unsaturated/α-hetero) is 1. The summed E-state index contributed by atoms with van der Waals surface area (Å²) in [5, 5.41) is 12.5. The number of methoxy groups -OCH3 is 1.